The molecule has 0 nitrogen and oxygen atoms in total. The zero-order valence-electron chi connectivity index (χ0n) is 11.5. The second-order valence-corrected chi connectivity index (χ2v) is 4.96. The maximum Gasteiger partial charge on any atom is 0.0493 e. The summed E-state index contributed by atoms with van der Waals surface area (Å²) in [5.41, 5.74) is 3.53. The topological polar surface area (TPSA) is 0 Å². The molecule has 0 heterocycles. The van der Waals surface area contributed by atoms with Crippen LogP contribution in [0.3, 0.4) is 0 Å². The van der Waals surface area contributed by atoms with Crippen molar-refractivity contribution in [1.82, 2.24) is 0 Å². The van der Waals surface area contributed by atoms with Gasteiger partial charge in [-0.3, -0.25) is 0 Å². The molecule has 2 rings (SSSR count). The molecule has 0 aromatic heterocycles. The van der Waals surface area contributed by atoms with E-state index in [1.54, 1.807) is 0 Å². The molecule has 104 valence electrons. The van der Waals surface area contributed by atoms with E-state index in [4.69, 9.17) is 0 Å². The second-order valence-electron chi connectivity index (χ2n) is 4.17. The van der Waals surface area contributed by atoms with Gasteiger partial charge in [-0.1, -0.05) is 72.5 Å². The van der Waals surface area contributed by atoms with Crippen molar-refractivity contribution in [3.8, 4) is 23.7 Å². The molecule has 0 fully saturated rings. The zero-order valence-corrected chi connectivity index (χ0v) is 14.7. The molecule has 0 saturated carbocycles. The van der Waals surface area contributed by atoms with E-state index in [1.165, 1.54) is 0 Å². The van der Waals surface area contributed by atoms with Crippen LogP contribution >= 0.6 is 31.9 Å². The van der Waals surface area contributed by atoms with Crippen molar-refractivity contribution in [1.29, 1.82) is 0 Å². The van der Waals surface area contributed by atoms with Crippen molar-refractivity contribution >= 4 is 43.0 Å². The number of halogens is 2. The third-order valence-corrected chi connectivity index (χ3v) is 3.54. The highest BCUT2D eigenvalue weighted by molar-refractivity contribution is 9.10. The average molecular weight is 410 g/mol. The first-order chi connectivity index (χ1) is 10.8. The van der Waals surface area contributed by atoms with Crippen molar-refractivity contribution in [2.45, 2.75) is 0 Å². The highest BCUT2D eigenvalue weighted by Gasteiger charge is 1.96. The van der Waals surface area contributed by atoms with E-state index in [9.17, 15) is 0 Å². The third kappa shape index (κ3) is 4.78. The Morgan fingerprint density at radius 3 is 1.27 bits per heavy atom. The maximum atomic E-state index is 3.22. The zero-order chi connectivity index (χ0) is 15.6. The molecule has 0 saturated heterocycles. The number of hydrogen-bond donors (Lipinski definition) is 0. The Morgan fingerprint density at radius 2 is 0.955 bits per heavy atom. The molecule has 2 aromatic rings. The second kappa shape index (κ2) is 9.11. The first-order valence-electron chi connectivity index (χ1n) is 6.45. The summed E-state index contributed by atoms with van der Waals surface area (Å²) >= 11 is 6.44. The fraction of sp³-hybridized carbons (Fsp3) is 0. The molecule has 0 N–H and O–H groups in total. The van der Waals surface area contributed by atoms with Gasteiger partial charge in [-0.05, 0) is 54.8 Å². The fourth-order valence-corrected chi connectivity index (χ4v) is 2.35. The summed E-state index contributed by atoms with van der Waals surface area (Å²) < 4.78 is 0. The normalized spacial score (nSPS) is 11.0. The summed E-state index contributed by atoms with van der Waals surface area (Å²) in [5.74, 6) is 11.7. The average Bonchev–Trinajstić information content (AvgIpc) is 2.60. The molecule has 2 aromatic carbocycles. The lowest BCUT2D eigenvalue weighted by Crippen LogP contribution is -1.79. The standard InChI is InChI=1S/C20H10Br2/c21-15-19(17-9-3-1-4-10-17)13-7-8-14-20(16-22)18-11-5-2-6-12-18/h1-6,9-12H. The summed E-state index contributed by atoms with van der Waals surface area (Å²) in [6.07, 6.45) is 0. The lowest BCUT2D eigenvalue weighted by atomic mass is 10.1. The lowest BCUT2D eigenvalue weighted by Gasteiger charge is -1.96. The molecule has 2 heteroatoms. The molecule has 0 unspecified atom stereocenters. The highest BCUT2D eigenvalue weighted by atomic mass is 79.9. The van der Waals surface area contributed by atoms with E-state index in [1.807, 2.05) is 60.7 Å². The Bertz CT molecular complexity index is 721. The summed E-state index contributed by atoms with van der Waals surface area (Å²) in [7, 11) is 0. The smallest absolute Gasteiger partial charge is 0.0493 e. The van der Waals surface area contributed by atoms with Gasteiger partial charge in [-0.15, -0.1) is 0 Å². The van der Waals surface area contributed by atoms with Gasteiger partial charge >= 0.3 is 0 Å². The number of allylic oxidation sites excluding steroid dienone is 2. The van der Waals surface area contributed by atoms with E-state index in [2.05, 4.69) is 65.5 Å². The van der Waals surface area contributed by atoms with Crippen molar-refractivity contribution in [3.05, 3.63) is 81.8 Å². The highest BCUT2D eigenvalue weighted by Crippen LogP contribution is 2.15. The van der Waals surface area contributed by atoms with Crippen LogP contribution in [0.4, 0.5) is 0 Å². The lowest BCUT2D eigenvalue weighted by molar-refractivity contribution is 1.64. The number of benzene rings is 2. The molecule has 0 atom stereocenters. The van der Waals surface area contributed by atoms with Crippen LogP contribution in [0.5, 0.6) is 0 Å². The van der Waals surface area contributed by atoms with Crippen molar-refractivity contribution in [3.63, 3.8) is 0 Å². The Morgan fingerprint density at radius 1 is 0.591 bits per heavy atom. The van der Waals surface area contributed by atoms with Crippen molar-refractivity contribution in [2.75, 3.05) is 0 Å². The number of rotatable bonds is 2. The molecule has 0 bridgehead atoms. The van der Waals surface area contributed by atoms with Crippen LogP contribution < -0.4 is 0 Å². The Kier molecular flexibility index (Phi) is 6.78. The molecule has 0 aliphatic carbocycles. The van der Waals surface area contributed by atoms with Crippen LogP contribution in [0.15, 0.2) is 60.7 Å². The van der Waals surface area contributed by atoms with E-state index < -0.39 is 0 Å². The van der Waals surface area contributed by atoms with Crippen LogP contribution in [0.2, 0.25) is 0 Å². The quantitative estimate of drug-likeness (QED) is 0.576. The molecular formula is C20H10Br2. The molecular weight excluding hydrogens is 400 g/mol. The van der Waals surface area contributed by atoms with Crippen LogP contribution in [-0.2, 0) is 0 Å². The Hall–Kier alpha value is -2.00. The van der Waals surface area contributed by atoms with Gasteiger partial charge in [0.1, 0.15) is 0 Å². The van der Waals surface area contributed by atoms with Gasteiger partial charge in [0, 0.05) is 21.1 Å². The van der Waals surface area contributed by atoms with Crippen LogP contribution in [-0.4, -0.2) is 0 Å². The largest absolute Gasteiger partial charge is 0.0622 e. The minimum Gasteiger partial charge on any atom is -0.0622 e. The van der Waals surface area contributed by atoms with Gasteiger partial charge in [0.05, 0.1) is 0 Å². The first-order valence-corrected chi connectivity index (χ1v) is 8.04. The molecule has 22 heavy (non-hydrogen) atoms. The SMILES string of the molecule is Br[C]=C(C#CC#CC(=[C]Br)c1ccccc1)c1ccccc1. The van der Waals surface area contributed by atoms with Gasteiger partial charge < -0.3 is 0 Å². The summed E-state index contributed by atoms with van der Waals surface area (Å²) in [5, 5.41) is 0. The predicted molar refractivity (Wildman–Crippen MR) is 99.6 cm³/mol. The van der Waals surface area contributed by atoms with Crippen LogP contribution in [0.1, 0.15) is 11.1 Å². The van der Waals surface area contributed by atoms with E-state index in [0.717, 1.165) is 22.3 Å². The van der Waals surface area contributed by atoms with Gasteiger partial charge in [-0.25, -0.2) is 0 Å². The van der Waals surface area contributed by atoms with Gasteiger partial charge in [0.2, 0.25) is 0 Å². The first kappa shape index (κ1) is 16.4. The minimum absolute atomic E-state index is 0.767. The van der Waals surface area contributed by atoms with Gasteiger partial charge in [-0.2, -0.15) is 0 Å². The van der Waals surface area contributed by atoms with E-state index in [0.29, 0.717) is 0 Å². The Labute approximate surface area is 148 Å². The monoisotopic (exact) mass is 408 g/mol. The van der Waals surface area contributed by atoms with E-state index >= 15 is 0 Å². The molecule has 0 aliphatic heterocycles. The van der Waals surface area contributed by atoms with Crippen LogP contribution in [0.25, 0.3) is 11.1 Å². The minimum atomic E-state index is 0.767. The molecule has 0 amide bonds. The third-order valence-electron chi connectivity index (χ3n) is 2.75. The predicted octanol–water partition coefficient (Wildman–Crippen LogP) is 5.47. The van der Waals surface area contributed by atoms with E-state index in [-0.39, 0.29) is 0 Å². The molecule has 0 aliphatic rings. The summed E-state index contributed by atoms with van der Waals surface area (Å²) in [4.78, 5) is 5.82. The fourth-order valence-electron chi connectivity index (χ4n) is 1.70. The maximum absolute atomic E-state index is 3.22. The summed E-state index contributed by atoms with van der Waals surface area (Å²) in [6.45, 7) is 0. The number of hydrogen-bond acceptors (Lipinski definition) is 0. The molecule has 0 spiro atoms. The van der Waals surface area contributed by atoms with Gasteiger partial charge in [0.15, 0.2) is 0 Å². The van der Waals surface area contributed by atoms with Gasteiger partial charge in [0.25, 0.3) is 0 Å². The summed E-state index contributed by atoms with van der Waals surface area (Å²) in [6, 6.07) is 19.7. The van der Waals surface area contributed by atoms with Crippen LogP contribution in [0, 0.1) is 33.7 Å². The Balaban J connectivity index is 2.17. The van der Waals surface area contributed by atoms with Crippen molar-refractivity contribution < 1.29 is 0 Å². The van der Waals surface area contributed by atoms with Crippen molar-refractivity contribution in [2.24, 2.45) is 0 Å². The molecule has 2 radical (unpaired) electrons.